The zero-order chi connectivity index (χ0) is 14.0. The molecule has 116 valence electrons. The molecule has 0 aromatic heterocycles. The van der Waals surface area contributed by atoms with Crippen LogP contribution in [0.3, 0.4) is 0 Å². The molecule has 2 aromatic rings. The molecule has 22 heavy (non-hydrogen) atoms. The molecule has 0 bridgehead atoms. The first-order valence-electron chi connectivity index (χ1n) is 6.39. The van der Waals surface area contributed by atoms with E-state index in [0.717, 1.165) is 27.9 Å². The quantitative estimate of drug-likeness (QED) is 0.453. The first kappa shape index (κ1) is 22.9. The number of nitrogens with zero attached hydrogens (tertiary/aromatic N) is 1. The molecule has 2 rings (SSSR count). The number of aromatic hydroxyl groups is 1. The van der Waals surface area contributed by atoms with E-state index in [4.69, 9.17) is 0 Å². The summed E-state index contributed by atoms with van der Waals surface area (Å²) in [6.45, 7) is 8.08. The number of aliphatic imine (C=N–C) groups is 1. The summed E-state index contributed by atoms with van der Waals surface area (Å²) in [5, 5.41) is 9.97. The molecule has 0 radical (unpaired) electrons. The summed E-state index contributed by atoms with van der Waals surface area (Å²) in [5.74, 6) is 0.300. The fourth-order valence-corrected chi connectivity index (χ4v) is 2.30. The maximum atomic E-state index is 9.97. The smallest absolute Gasteiger partial charge is 0.507 e. The van der Waals surface area contributed by atoms with Crippen molar-refractivity contribution in [2.75, 3.05) is 0 Å². The topological polar surface area (TPSA) is 32.6 Å². The number of hydrogen-bond acceptors (Lipinski definition) is 2. The van der Waals surface area contributed by atoms with Crippen LogP contribution in [-0.2, 0) is 21.7 Å². The molecule has 0 amide bonds. The fourth-order valence-electron chi connectivity index (χ4n) is 2.30. The van der Waals surface area contributed by atoms with Crippen molar-refractivity contribution in [1.82, 2.24) is 0 Å². The Morgan fingerprint density at radius 1 is 0.909 bits per heavy atom. The van der Waals surface area contributed by atoms with Crippen LogP contribution < -0.4 is 0 Å². The van der Waals surface area contributed by atoms with Gasteiger partial charge in [-0.25, -0.2) is 0 Å². The maximum Gasteiger partial charge on any atom is 2.00 e. The number of rotatable bonds is 2. The predicted octanol–water partition coefficient (Wildman–Crippen LogP) is 5.27. The van der Waals surface area contributed by atoms with E-state index in [1.165, 1.54) is 5.56 Å². The van der Waals surface area contributed by atoms with Gasteiger partial charge in [0.05, 0.1) is 5.69 Å². The fraction of sp³-hybridized carbons (Fsp3) is 0.211. The minimum absolute atomic E-state index is 0. The third kappa shape index (κ3) is 5.12. The van der Waals surface area contributed by atoms with Crippen LogP contribution in [0.5, 0.6) is 5.75 Å². The second-order valence-electron chi connectivity index (χ2n) is 5.02. The van der Waals surface area contributed by atoms with Gasteiger partial charge in [-0.2, -0.15) is 0 Å². The standard InChI is InChI=1S/C17H19NO.2CH3.Ti/c1-11-8-13(3)16(14(4)9-11)18-10-15-7-5-6-12(2)17(15)19;;;/h5-10,19H,1-4H3;2*1H3;/q;2*-1;+2. The molecule has 0 unspecified atom stereocenters. The van der Waals surface area contributed by atoms with E-state index in [0.29, 0.717) is 5.75 Å². The molecule has 0 aliphatic rings. The maximum absolute atomic E-state index is 9.97. The monoisotopic (exact) mass is 331 g/mol. The van der Waals surface area contributed by atoms with Gasteiger partial charge in [0.25, 0.3) is 0 Å². The van der Waals surface area contributed by atoms with E-state index in [1.807, 2.05) is 25.1 Å². The number of hydrogen-bond donors (Lipinski definition) is 1. The summed E-state index contributed by atoms with van der Waals surface area (Å²) in [5.41, 5.74) is 6.14. The average molecular weight is 331 g/mol. The van der Waals surface area contributed by atoms with Crippen LogP contribution in [0.2, 0.25) is 0 Å². The van der Waals surface area contributed by atoms with E-state index in [2.05, 4.69) is 37.9 Å². The molecule has 0 aliphatic heterocycles. The molecule has 2 nitrogen and oxygen atoms in total. The van der Waals surface area contributed by atoms with Crippen molar-refractivity contribution in [2.24, 2.45) is 4.99 Å². The molecule has 0 saturated carbocycles. The van der Waals surface area contributed by atoms with Crippen LogP contribution in [0.4, 0.5) is 5.69 Å². The van der Waals surface area contributed by atoms with Crippen molar-refractivity contribution in [3.05, 3.63) is 73.0 Å². The Kier molecular flexibility index (Phi) is 9.99. The van der Waals surface area contributed by atoms with E-state index < -0.39 is 0 Å². The molecule has 0 heterocycles. The molecule has 0 fully saturated rings. The van der Waals surface area contributed by atoms with Gasteiger partial charge in [-0.15, -0.1) is 0 Å². The second-order valence-corrected chi connectivity index (χ2v) is 5.02. The number of para-hydroxylation sites is 1. The van der Waals surface area contributed by atoms with Gasteiger partial charge in [0.15, 0.2) is 0 Å². The Morgan fingerprint density at radius 2 is 1.45 bits per heavy atom. The number of benzene rings is 2. The van der Waals surface area contributed by atoms with Gasteiger partial charge < -0.3 is 20.0 Å². The molecule has 1 N–H and O–H groups in total. The third-order valence-corrected chi connectivity index (χ3v) is 3.24. The van der Waals surface area contributed by atoms with Crippen LogP contribution >= 0.6 is 0 Å². The normalized spacial score (nSPS) is 9.64. The minimum atomic E-state index is 0. The first-order chi connectivity index (χ1) is 8.99. The van der Waals surface area contributed by atoms with E-state index in [9.17, 15) is 5.11 Å². The van der Waals surface area contributed by atoms with Crippen molar-refractivity contribution in [1.29, 1.82) is 0 Å². The Hall–Kier alpha value is -1.38. The summed E-state index contributed by atoms with van der Waals surface area (Å²) in [7, 11) is 0. The van der Waals surface area contributed by atoms with Gasteiger partial charge in [0.2, 0.25) is 0 Å². The van der Waals surface area contributed by atoms with Gasteiger partial charge in [-0.1, -0.05) is 29.8 Å². The largest absolute Gasteiger partial charge is 2.00 e. The zero-order valence-electron chi connectivity index (χ0n) is 14.4. The zero-order valence-corrected chi connectivity index (χ0v) is 15.9. The van der Waals surface area contributed by atoms with Crippen LogP contribution in [0, 0.1) is 42.5 Å². The Bertz CT molecular complexity index is 625. The van der Waals surface area contributed by atoms with Gasteiger partial charge in [0, 0.05) is 11.8 Å². The van der Waals surface area contributed by atoms with Crippen LogP contribution in [0.1, 0.15) is 27.8 Å². The van der Waals surface area contributed by atoms with Crippen LogP contribution in [0.25, 0.3) is 0 Å². The Morgan fingerprint density at radius 3 is 2.00 bits per heavy atom. The van der Waals surface area contributed by atoms with E-state index in [-0.39, 0.29) is 36.6 Å². The van der Waals surface area contributed by atoms with Crippen LogP contribution in [-0.4, -0.2) is 11.3 Å². The van der Waals surface area contributed by atoms with Crippen molar-refractivity contribution in [3.63, 3.8) is 0 Å². The van der Waals surface area contributed by atoms with Crippen molar-refractivity contribution < 1.29 is 26.8 Å². The molecule has 2 aromatic carbocycles. The van der Waals surface area contributed by atoms with Gasteiger partial charge >= 0.3 is 21.7 Å². The molecular weight excluding hydrogens is 306 g/mol. The SMILES string of the molecule is Cc1cc(C)c(N=Cc2cccc(C)c2O)c(C)c1.[CH3-].[CH3-].[Ti+2]. The van der Waals surface area contributed by atoms with Crippen molar-refractivity contribution >= 4 is 11.9 Å². The summed E-state index contributed by atoms with van der Waals surface area (Å²) in [4.78, 5) is 4.53. The summed E-state index contributed by atoms with van der Waals surface area (Å²) in [6, 6.07) is 9.91. The Balaban J connectivity index is 0. The molecule has 0 saturated heterocycles. The summed E-state index contributed by atoms with van der Waals surface area (Å²) >= 11 is 0. The van der Waals surface area contributed by atoms with E-state index >= 15 is 0 Å². The van der Waals surface area contributed by atoms with Crippen molar-refractivity contribution in [2.45, 2.75) is 27.7 Å². The van der Waals surface area contributed by atoms with Gasteiger partial charge in [0.1, 0.15) is 5.75 Å². The summed E-state index contributed by atoms with van der Waals surface area (Å²) in [6.07, 6.45) is 1.73. The molecule has 0 aliphatic carbocycles. The second kappa shape index (κ2) is 9.60. The van der Waals surface area contributed by atoms with Crippen LogP contribution in [0.15, 0.2) is 35.3 Å². The third-order valence-electron chi connectivity index (χ3n) is 3.24. The number of phenolic OH excluding ortho intramolecular Hbond substituents is 1. The molecular formula is C19H25NOTi. The average Bonchev–Trinajstić information content (AvgIpc) is 2.33. The first-order valence-corrected chi connectivity index (χ1v) is 6.39. The number of phenols is 1. The molecule has 0 atom stereocenters. The Labute approximate surface area is 150 Å². The predicted molar refractivity (Wildman–Crippen MR) is 93.6 cm³/mol. The van der Waals surface area contributed by atoms with E-state index in [1.54, 1.807) is 6.21 Å². The number of aryl methyl sites for hydroxylation is 4. The summed E-state index contributed by atoms with van der Waals surface area (Å²) < 4.78 is 0. The minimum Gasteiger partial charge on any atom is -0.507 e. The molecule has 0 spiro atoms. The van der Waals surface area contributed by atoms with Gasteiger partial charge in [-0.05, 0) is 50.5 Å². The van der Waals surface area contributed by atoms with Gasteiger partial charge in [-0.3, -0.25) is 4.99 Å². The molecule has 3 heteroatoms. The van der Waals surface area contributed by atoms with Crippen molar-refractivity contribution in [3.8, 4) is 5.75 Å².